The summed E-state index contributed by atoms with van der Waals surface area (Å²) in [6, 6.07) is 0.773. The SMILES string of the molecule is CSC(C)CCNC1CCNCC1. The fourth-order valence-corrected chi connectivity index (χ4v) is 1.99. The van der Waals surface area contributed by atoms with Crippen molar-refractivity contribution < 1.29 is 0 Å². The maximum absolute atomic E-state index is 3.63. The molecule has 0 aromatic rings. The van der Waals surface area contributed by atoms with Crippen LogP contribution in [0, 0.1) is 0 Å². The molecule has 1 unspecified atom stereocenters. The van der Waals surface area contributed by atoms with Gasteiger partial charge in [0.05, 0.1) is 0 Å². The molecule has 78 valence electrons. The monoisotopic (exact) mass is 202 g/mol. The number of nitrogens with one attached hydrogen (secondary N) is 2. The summed E-state index contributed by atoms with van der Waals surface area (Å²) in [4.78, 5) is 0. The Labute approximate surface area is 86.2 Å². The summed E-state index contributed by atoms with van der Waals surface area (Å²) in [5.74, 6) is 0. The summed E-state index contributed by atoms with van der Waals surface area (Å²) < 4.78 is 0. The van der Waals surface area contributed by atoms with Crippen molar-refractivity contribution in [2.45, 2.75) is 37.5 Å². The minimum atomic E-state index is 0.773. The van der Waals surface area contributed by atoms with Gasteiger partial charge in [-0.25, -0.2) is 0 Å². The quantitative estimate of drug-likeness (QED) is 0.706. The van der Waals surface area contributed by atoms with Crippen molar-refractivity contribution in [1.82, 2.24) is 10.6 Å². The summed E-state index contributed by atoms with van der Waals surface area (Å²) in [5, 5.41) is 7.81. The fourth-order valence-electron chi connectivity index (χ4n) is 1.63. The van der Waals surface area contributed by atoms with Gasteiger partial charge in [-0.05, 0) is 45.2 Å². The minimum Gasteiger partial charge on any atom is -0.317 e. The summed E-state index contributed by atoms with van der Waals surface area (Å²) >= 11 is 1.96. The first-order valence-electron chi connectivity index (χ1n) is 5.30. The minimum absolute atomic E-state index is 0.773. The number of thioether (sulfide) groups is 1. The third kappa shape index (κ3) is 4.89. The molecule has 1 saturated heterocycles. The second kappa shape index (κ2) is 6.68. The largest absolute Gasteiger partial charge is 0.317 e. The second-order valence-electron chi connectivity index (χ2n) is 3.81. The first-order chi connectivity index (χ1) is 6.33. The predicted octanol–water partition coefficient (Wildman–Crippen LogP) is 1.47. The van der Waals surface area contributed by atoms with E-state index in [2.05, 4.69) is 23.8 Å². The van der Waals surface area contributed by atoms with E-state index in [9.17, 15) is 0 Å². The van der Waals surface area contributed by atoms with Crippen molar-refractivity contribution in [3.63, 3.8) is 0 Å². The van der Waals surface area contributed by atoms with Crippen LogP contribution < -0.4 is 10.6 Å². The van der Waals surface area contributed by atoms with Gasteiger partial charge in [-0.3, -0.25) is 0 Å². The fraction of sp³-hybridized carbons (Fsp3) is 1.00. The number of hydrogen-bond acceptors (Lipinski definition) is 3. The lowest BCUT2D eigenvalue weighted by Gasteiger charge is -2.24. The Balaban J connectivity index is 1.98. The summed E-state index contributed by atoms with van der Waals surface area (Å²) in [5.41, 5.74) is 0. The van der Waals surface area contributed by atoms with Crippen LogP contribution in [-0.4, -0.2) is 37.2 Å². The van der Waals surface area contributed by atoms with E-state index < -0.39 is 0 Å². The molecule has 1 aliphatic rings. The highest BCUT2D eigenvalue weighted by molar-refractivity contribution is 7.99. The van der Waals surface area contributed by atoms with E-state index in [1.807, 2.05) is 11.8 Å². The van der Waals surface area contributed by atoms with Crippen LogP contribution >= 0.6 is 11.8 Å². The van der Waals surface area contributed by atoms with E-state index in [1.165, 1.54) is 38.9 Å². The Kier molecular flexibility index (Phi) is 5.83. The Morgan fingerprint density at radius 3 is 2.77 bits per heavy atom. The van der Waals surface area contributed by atoms with Crippen LogP contribution in [-0.2, 0) is 0 Å². The molecule has 0 aromatic heterocycles. The van der Waals surface area contributed by atoms with Gasteiger partial charge in [0.1, 0.15) is 0 Å². The number of hydrogen-bond donors (Lipinski definition) is 2. The lowest BCUT2D eigenvalue weighted by atomic mass is 10.1. The van der Waals surface area contributed by atoms with Crippen LogP contribution in [0.3, 0.4) is 0 Å². The molecule has 0 aliphatic carbocycles. The molecule has 1 fully saturated rings. The van der Waals surface area contributed by atoms with Crippen LogP contribution in [0.2, 0.25) is 0 Å². The molecule has 3 heteroatoms. The van der Waals surface area contributed by atoms with Crippen molar-refractivity contribution in [1.29, 1.82) is 0 Å². The van der Waals surface area contributed by atoms with Gasteiger partial charge in [-0.1, -0.05) is 6.92 Å². The van der Waals surface area contributed by atoms with Gasteiger partial charge >= 0.3 is 0 Å². The van der Waals surface area contributed by atoms with Crippen molar-refractivity contribution >= 4 is 11.8 Å². The van der Waals surface area contributed by atoms with Gasteiger partial charge in [0, 0.05) is 11.3 Å². The van der Waals surface area contributed by atoms with Crippen molar-refractivity contribution in [3.05, 3.63) is 0 Å². The van der Waals surface area contributed by atoms with Crippen LogP contribution in [0.1, 0.15) is 26.2 Å². The summed E-state index contributed by atoms with van der Waals surface area (Å²) in [7, 11) is 0. The molecule has 0 bridgehead atoms. The molecule has 0 aromatic carbocycles. The Morgan fingerprint density at radius 2 is 2.15 bits per heavy atom. The molecule has 0 amide bonds. The van der Waals surface area contributed by atoms with Gasteiger partial charge in [0.25, 0.3) is 0 Å². The molecule has 1 aliphatic heterocycles. The Bertz CT molecular complexity index is 124. The average molecular weight is 202 g/mol. The molecular formula is C10H22N2S. The van der Waals surface area contributed by atoms with Crippen molar-refractivity contribution in [3.8, 4) is 0 Å². The third-order valence-corrected chi connectivity index (χ3v) is 3.77. The molecule has 2 nitrogen and oxygen atoms in total. The van der Waals surface area contributed by atoms with Gasteiger partial charge in [0.2, 0.25) is 0 Å². The van der Waals surface area contributed by atoms with Crippen LogP contribution in [0.15, 0.2) is 0 Å². The van der Waals surface area contributed by atoms with Crippen molar-refractivity contribution in [2.24, 2.45) is 0 Å². The average Bonchev–Trinajstić information content (AvgIpc) is 2.19. The second-order valence-corrected chi connectivity index (χ2v) is 5.09. The predicted molar refractivity (Wildman–Crippen MR) is 61.5 cm³/mol. The van der Waals surface area contributed by atoms with Crippen LogP contribution in [0.4, 0.5) is 0 Å². The van der Waals surface area contributed by atoms with E-state index in [4.69, 9.17) is 0 Å². The Morgan fingerprint density at radius 1 is 1.46 bits per heavy atom. The smallest absolute Gasteiger partial charge is 0.00912 e. The van der Waals surface area contributed by atoms with Gasteiger partial charge in [-0.2, -0.15) is 11.8 Å². The molecule has 13 heavy (non-hydrogen) atoms. The lowest BCUT2D eigenvalue weighted by Crippen LogP contribution is -2.40. The maximum atomic E-state index is 3.63. The topological polar surface area (TPSA) is 24.1 Å². The summed E-state index contributed by atoms with van der Waals surface area (Å²) in [6.07, 6.45) is 6.08. The number of piperidine rings is 1. The highest BCUT2D eigenvalue weighted by Gasteiger charge is 2.11. The normalized spacial score (nSPS) is 21.7. The highest BCUT2D eigenvalue weighted by atomic mass is 32.2. The molecule has 1 rings (SSSR count). The van der Waals surface area contributed by atoms with Crippen molar-refractivity contribution in [2.75, 3.05) is 25.9 Å². The van der Waals surface area contributed by atoms with Crippen LogP contribution in [0.5, 0.6) is 0 Å². The van der Waals surface area contributed by atoms with E-state index in [0.29, 0.717) is 0 Å². The molecular weight excluding hydrogens is 180 g/mol. The standard InChI is InChI=1S/C10H22N2S/c1-9(13-2)3-8-12-10-4-6-11-7-5-10/h9-12H,3-8H2,1-2H3. The van der Waals surface area contributed by atoms with E-state index in [0.717, 1.165) is 11.3 Å². The molecule has 0 spiro atoms. The maximum Gasteiger partial charge on any atom is 0.00912 e. The first-order valence-corrected chi connectivity index (χ1v) is 6.58. The molecule has 2 N–H and O–H groups in total. The first kappa shape index (κ1) is 11.3. The van der Waals surface area contributed by atoms with E-state index in [-0.39, 0.29) is 0 Å². The zero-order valence-corrected chi connectivity index (χ0v) is 9.62. The molecule has 1 heterocycles. The van der Waals surface area contributed by atoms with Gasteiger partial charge in [-0.15, -0.1) is 0 Å². The Hall–Kier alpha value is 0.270. The highest BCUT2D eigenvalue weighted by Crippen LogP contribution is 2.09. The molecule has 1 atom stereocenters. The zero-order chi connectivity index (χ0) is 9.52. The van der Waals surface area contributed by atoms with E-state index >= 15 is 0 Å². The summed E-state index contributed by atoms with van der Waals surface area (Å²) in [6.45, 7) is 5.87. The van der Waals surface area contributed by atoms with Gasteiger partial charge in [0.15, 0.2) is 0 Å². The number of rotatable bonds is 5. The van der Waals surface area contributed by atoms with Crippen LogP contribution in [0.25, 0.3) is 0 Å². The molecule has 0 saturated carbocycles. The zero-order valence-electron chi connectivity index (χ0n) is 8.81. The van der Waals surface area contributed by atoms with Gasteiger partial charge < -0.3 is 10.6 Å². The lowest BCUT2D eigenvalue weighted by molar-refractivity contribution is 0.386. The van der Waals surface area contributed by atoms with E-state index in [1.54, 1.807) is 0 Å². The third-order valence-electron chi connectivity index (χ3n) is 2.73. The molecule has 0 radical (unpaired) electrons.